The van der Waals surface area contributed by atoms with E-state index in [0.717, 1.165) is 11.1 Å². The van der Waals surface area contributed by atoms with Crippen molar-refractivity contribution in [3.8, 4) is 0 Å². The molecule has 0 atom stereocenters. The van der Waals surface area contributed by atoms with Crippen molar-refractivity contribution in [3.63, 3.8) is 0 Å². The fourth-order valence-corrected chi connectivity index (χ4v) is 1.24. The number of carbonyl (C=O) groups excluding carboxylic acids is 1. The Kier molecular flexibility index (Phi) is 7.78. The molecule has 86 valence electrons. The summed E-state index contributed by atoms with van der Waals surface area (Å²) >= 11 is 0. The van der Waals surface area contributed by atoms with Crippen molar-refractivity contribution < 1.29 is 4.79 Å². The third-order valence-electron chi connectivity index (χ3n) is 1.96. The van der Waals surface area contributed by atoms with Gasteiger partial charge in [0, 0.05) is 11.1 Å². The van der Waals surface area contributed by atoms with Gasteiger partial charge < -0.3 is 0 Å². The highest BCUT2D eigenvalue weighted by Gasteiger charge is 2.06. The van der Waals surface area contributed by atoms with E-state index in [4.69, 9.17) is 0 Å². The summed E-state index contributed by atoms with van der Waals surface area (Å²) in [5.41, 5.74) is 1.47. The Morgan fingerprint density at radius 1 is 1.06 bits per heavy atom. The zero-order valence-corrected chi connectivity index (χ0v) is 10.5. The summed E-state index contributed by atoms with van der Waals surface area (Å²) in [5, 5.41) is 0. The fourth-order valence-electron chi connectivity index (χ4n) is 1.24. The highest BCUT2D eigenvalue weighted by molar-refractivity contribution is 6.10. The number of benzene rings is 1. The van der Waals surface area contributed by atoms with Gasteiger partial charge in [0.2, 0.25) is 0 Å². The predicted molar refractivity (Wildman–Crippen MR) is 70.7 cm³/mol. The third kappa shape index (κ3) is 4.26. The van der Waals surface area contributed by atoms with Crippen molar-refractivity contribution in [2.45, 2.75) is 27.7 Å². The van der Waals surface area contributed by atoms with Crippen LogP contribution in [0.25, 0.3) is 0 Å². The molecule has 1 heteroatoms. The Bertz CT molecular complexity index is 358. The van der Waals surface area contributed by atoms with Gasteiger partial charge in [0.25, 0.3) is 0 Å². The van der Waals surface area contributed by atoms with Crippen LogP contribution in [0.3, 0.4) is 0 Å². The molecule has 0 heterocycles. The predicted octanol–water partition coefficient (Wildman–Crippen LogP) is 4.42. The van der Waals surface area contributed by atoms with Crippen LogP contribution in [0.4, 0.5) is 0 Å². The maximum absolute atomic E-state index is 11.8. The molecule has 1 aromatic rings. The lowest BCUT2D eigenvalue weighted by molar-refractivity contribution is 0.103. The molecule has 0 bridgehead atoms. The van der Waals surface area contributed by atoms with Crippen molar-refractivity contribution in [1.29, 1.82) is 0 Å². The number of carbonyl (C=O) groups is 1. The van der Waals surface area contributed by atoms with Gasteiger partial charge in [0.1, 0.15) is 0 Å². The number of rotatable bonds is 3. The normalized spacial score (nSPS) is 10.9. The van der Waals surface area contributed by atoms with Crippen LogP contribution in [0.2, 0.25) is 0 Å². The lowest BCUT2D eigenvalue weighted by Crippen LogP contribution is -2.00. The van der Waals surface area contributed by atoms with E-state index in [1.165, 1.54) is 0 Å². The van der Waals surface area contributed by atoms with Gasteiger partial charge in [-0.2, -0.15) is 0 Å². The van der Waals surface area contributed by atoms with Gasteiger partial charge in [-0.25, -0.2) is 0 Å². The summed E-state index contributed by atoms with van der Waals surface area (Å²) in [6, 6.07) is 9.30. The first-order chi connectivity index (χ1) is 7.79. The van der Waals surface area contributed by atoms with Crippen LogP contribution in [-0.2, 0) is 0 Å². The number of ketones is 1. The van der Waals surface area contributed by atoms with Crippen molar-refractivity contribution >= 4 is 5.78 Å². The van der Waals surface area contributed by atoms with Gasteiger partial charge in [-0.15, -0.1) is 0 Å². The summed E-state index contributed by atoms with van der Waals surface area (Å²) in [4.78, 5) is 11.8. The third-order valence-corrected chi connectivity index (χ3v) is 1.96. The number of hydrogen-bond donors (Lipinski definition) is 0. The molecule has 0 spiro atoms. The molecule has 0 radical (unpaired) electrons. The van der Waals surface area contributed by atoms with Crippen molar-refractivity contribution in [2.24, 2.45) is 0 Å². The molecule has 0 aliphatic heterocycles. The lowest BCUT2D eigenvalue weighted by atomic mass is 10.0. The van der Waals surface area contributed by atoms with Crippen LogP contribution < -0.4 is 0 Å². The Labute approximate surface area is 98.5 Å². The summed E-state index contributed by atoms with van der Waals surface area (Å²) < 4.78 is 0. The molecule has 0 unspecified atom stereocenters. The van der Waals surface area contributed by atoms with E-state index in [1.807, 2.05) is 76.3 Å². The second-order valence-corrected chi connectivity index (χ2v) is 2.94. The van der Waals surface area contributed by atoms with Crippen LogP contribution >= 0.6 is 0 Å². The molecular weight excluding hydrogens is 196 g/mol. The Hall–Kier alpha value is -1.63. The van der Waals surface area contributed by atoms with E-state index >= 15 is 0 Å². The Morgan fingerprint density at radius 3 is 2.06 bits per heavy atom. The molecule has 1 rings (SSSR count). The average molecular weight is 216 g/mol. The SMILES string of the molecule is C/C=C\C(=C/C)C(=O)c1ccccc1.CC. The summed E-state index contributed by atoms with van der Waals surface area (Å²) in [6.45, 7) is 7.78. The molecule has 0 aliphatic carbocycles. The van der Waals surface area contributed by atoms with E-state index in [0.29, 0.717) is 0 Å². The fraction of sp³-hybridized carbons (Fsp3) is 0.267. The monoisotopic (exact) mass is 216 g/mol. The molecule has 0 N–H and O–H groups in total. The highest BCUT2D eigenvalue weighted by atomic mass is 16.1. The lowest BCUT2D eigenvalue weighted by Gasteiger charge is -2.00. The van der Waals surface area contributed by atoms with Crippen LogP contribution in [0.15, 0.2) is 54.1 Å². The molecule has 1 nitrogen and oxygen atoms in total. The second-order valence-electron chi connectivity index (χ2n) is 2.94. The van der Waals surface area contributed by atoms with Gasteiger partial charge in [0.15, 0.2) is 5.78 Å². The molecule has 16 heavy (non-hydrogen) atoms. The minimum atomic E-state index is 0.0752. The molecular formula is C15H20O. The quantitative estimate of drug-likeness (QED) is 0.415. The first kappa shape index (κ1) is 14.4. The van der Waals surface area contributed by atoms with E-state index in [9.17, 15) is 4.79 Å². The van der Waals surface area contributed by atoms with Crippen molar-refractivity contribution in [2.75, 3.05) is 0 Å². The average Bonchev–Trinajstić information content (AvgIpc) is 2.38. The van der Waals surface area contributed by atoms with Crippen LogP contribution in [0.1, 0.15) is 38.1 Å². The van der Waals surface area contributed by atoms with Gasteiger partial charge in [-0.1, -0.05) is 62.4 Å². The van der Waals surface area contributed by atoms with E-state index in [2.05, 4.69) is 0 Å². The van der Waals surface area contributed by atoms with Crippen molar-refractivity contribution in [3.05, 3.63) is 59.7 Å². The second kappa shape index (κ2) is 8.66. The Balaban J connectivity index is 0.00000106. The molecule has 0 saturated heterocycles. The zero-order valence-electron chi connectivity index (χ0n) is 10.5. The van der Waals surface area contributed by atoms with Crippen LogP contribution in [0, 0.1) is 0 Å². The smallest absolute Gasteiger partial charge is 0.192 e. The minimum absolute atomic E-state index is 0.0752. The first-order valence-electron chi connectivity index (χ1n) is 5.68. The molecule has 0 aliphatic rings. The van der Waals surface area contributed by atoms with Gasteiger partial charge in [0.05, 0.1) is 0 Å². The largest absolute Gasteiger partial charge is 0.289 e. The number of Topliss-reactive ketones (excluding diaryl/α,β-unsaturated/α-hetero) is 1. The van der Waals surface area contributed by atoms with E-state index in [1.54, 1.807) is 0 Å². The molecule has 0 amide bonds. The number of hydrogen-bond acceptors (Lipinski definition) is 1. The van der Waals surface area contributed by atoms with Crippen LogP contribution in [-0.4, -0.2) is 5.78 Å². The topological polar surface area (TPSA) is 17.1 Å². The van der Waals surface area contributed by atoms with Crippen molar-refractivity contribution in [1.82, 2.24) is 0 Å². The standard InChI is InChI=1S/C13H14O.C2H6/c1-3-8-11(4-2)13(14)12-9-6-5-7-10-12;1-2/h3-10H,1-2H3;1-2H3/b8-3-,11-4+;. The molecule has 0 fully saturated rings. The highest BCUT2D eigenvalue weighted by Crippen LogP contribution is 2.09. The molecule has 0 saturated carbocycles. The maximum Gasteiger partial charge on any atom is 0.192 e. The molecule has 0 aromatic heterocycles. The molecule has 1 aromatic carbocycles. The van der Waals surface area contributed by atoms with Gasteiger partial charge in [-0.3, -0.25) is 4.79 Å². The number of allylic oxidation sites excluding steroid dienone is 4. The summed E-state index contributed by atoms with van der Waals surface area (Å²) in [6.07, 6.45) is 5.53. The minimum Gasteiger partial charge on any atom is -0.289 e. The maximum atomic E-state index is 11.8. The Morgan fingerprint density at radius 2 is 1.62 bits per heavy atom. The first-order valence-corrected chi connectivity index (χ1v) is 5.68. The van der Waals surface area contributed by atoms with Gasteiger partial charge >= 0.3 is 0 Å². The van der Waals surface area contributed by atoms with E-state index in [-0.39, 0.29) is 5.78 Å². The van der Waals surface area contributed by atoms with Gasteiger partial charge in [-0.05, 0) is 13.8 Å². The van der Waals surface area contributed by atoms with E-state index < -0.39 is 0 Å². The summed E-state index contributed by atoms with van der Waals surface area (Å²) in [7, 11) is 0. The van der Waals surface area contributed by atoms with Crippen LogP contribution in [0.5, 0.6) is 0 Å². The zero-order chi connectivity index (χ0) is 12.4. The summed E-state index contributed by atoms with van der Waals surface area (Å²) in [5.74, 6) is 0.0752.